The van der Waals surface area contributed by atoms with Gasteiger partial charge in [0.1, 0.15) is 12.0 Å². The first-order valence-corrected chi connectivity index (χ1v) is 5.26. The van der Waals surface area contributed by atoms with Gasteiger partial charge in [-0.15, -0.1) is 11.8 Å². The van der Waals surface area contributed by atoms with Crippen LogP contribution in [0.4, 0.5) is 0 Å². The first-order valence-electron chi connectivity index (χ1n) is 4.21. The molecular weight excluding hydrogens is 176 g/mol. The normalized spacial score (nSPS) is 22.6. The van der Waals surface area contributed by atoms with Crippen LogP contribution in [0.3, 0.4) is 0 Å². The number of hydrogen-bond donors (Lipinski definition) is 0. The van der Waals surface area contributed by atoms with Crippen LogP contribution in [0.15, 0.2) is 0 Å². The Hall–Kier alpha value is -0.220. The van der Waals surface area contributed by atoms with Crippen LogP contribution in [0, 0.1) is 0 Å². The minimum absolute atomic E-state index is 0.0748. The van der Waals surface area contributed by atoms with E-state index in [1.54, 1.807) is 11.8 Å². The van der Waals surface area contributed by atoms with Crippen molar-refractivity contribution in [3.63, 3.8) is 0 Å². The number of hydrogen-bond acceptors (Lipinski definition) is 4. The van der Waals surface area contributed by atoms with Gasteiger partial charge in [0.2, 0.25) is 0 Å². The summed E-state index contributed by atoms with van der Waals surface area (Å²) in [5, 5.41) is 0. The quantitative estimate of drug-likeness (QED) is 0.628. The molecule has 0 bridgehead atoms. The van der Waals surface area contributed by atoms with E-state index >= 15 is 0 Å². The summed E-state index contributed by atoms with van der Waals surface area (Å²) in [7, 11) is 0. The molecule has 0 spiro atoms. The van der Waals surface area contributed by atoms with Crippen molar-refractivity contribution in [3.05, 3.63) is 0 Å². The molecule has 1 fully saturated rings. The third kappa shape index (κ3) is 3.45. The van der Waals surface area contributed by atoms with Crippen molar-refractivity contribution in [2.75, 3.05) is 19.0 Å². The number of ether oxygens (including phenoxy) is 2. The Balaban J connectivity index is 2.03. The second-order valence-corrected chi connectivity index (χ2v) is 3.87. The van der Waals surface area contributed by atoms with Gasteiger partial charge >= 0.3 is 5.97 Å². The van der Waals surface area contributed by atoms with Crippen LogP contribution in [0.1, 0.15) is 19.8 Å². The number of carbonyl (C=O) groups excluding carboxylic acids is 1. The largest absolute Gasteiger partial charge is 0.462 e. The molecule has 1 saturated heterocycles. The fraction of sp³-hybridized carbons (Fsp3) is 0.875. The molecule has 0 aliphatic carbocycles. The van der Waals surface area contributed by atoms with Gasteiger partial charge in [-0.05, 0) is 6.42 Å². The topological polar surface area (TPSA) is 35.5 Å². The molecule has 1 heterocycles. The van der Waals surface area contributed by atoms with Crippen molar-refractivity contribution < 1.29 is 14.3 Å². The van der Waals surface area contributed by atoms with Crippen molar-refractivity contribution in [1.82, 2.24) is 0 Å². The van der Waals surface area contributed by atoms with E-state index in [1.807, 2.05) is 6.92 Å². The third-order valence-electron chi connectivity index (χ3n) is 1.53. The molecule has 0 aromatic heterocycles. The Kier molecular flexibility index (Phi) is 4.46. The maximum Gasteiger partial charge on any atom is 0.305 e. The van der Waals surface area contributed by atoms with E-state index in [-0.39, 0.29) is 11.4 Å². The van der Waals surface area contributed by atoms with Crippen LogP contribution in [0.5, 0.6) is 0 Å². The van der Waals surface area contributed by atoms with E-state index in [4.69, 9.17) is 9.47 Å². The van der Waals surface area contributed by atoms with Gasteiger partial charge < -0.3 is 9.47 Å². The fourth-order valence-corrected chi connectivity index (χ4v) is 1.75. The fourth-order valence-electron chi connectivity index (χ4n) is 0.941. The number of esters is 1. The summed E-state index contributed by atoms with van der Waals surface area (Å²) < 4.78 is 10.2. The van der Waals surface area contributed by atoms with Crippen LogP contribution in [-0.2, 0) is 14.3 Å². The van der Waals surface area contributed by atoms with Crippen LogP contribution in [0.2, 0.25) is 0 Å². The van der Waals surface area contributed by atoms with Crippen molar-refractivity contribution in [3.8, 4) is 0 Å². The molecule has 1 aliphatic heterocycles. The highest BCUT2D eigenvalue weighted by molar-refractivity contribution is 8.00. The lowest BCUT2D eigenvalue weighted by Crippen LogP contribution is -2.15. The summed E-state index contributed by atoms with van der Waals surface area (Å²) in [4.78, 5) is 10.9. The molecule has 1 atom stereocenters. The number of thioether (sulfide) groups is 1. The average Bonchev–Trinajstić information content (AvgIpc) is 2.53. The minimum atomic E-state index is -0.117. The second kappa shape index (κ2) is 5.43. The summed E-state index contributed by atoms with van der Waals surface area (Å²) in [6.07, 6.45) is 1.36. The van der Waals surface area contributed by atoms with E-state index in [1.165, 1.54) is 0 Å². The molecule has 12 heavy (non-hydrogen) atoms. The summed E-state index contributed by atoms with van der Waals surface area (Å²) >= 11 is 1.70. The van der Waals surface area contributed by atoms with E-state index in [9.17, 15) is 4.79 Å². The van der Waals surface area contributed by atoms with Crippen molar-refractivity contribution in [2.45, 2.75) is 25.2 Å². The van der Waals surface area contributed by atoms with E-state index in [0.29, 0.717) is 13.0 Å². The molecule has 3 nitrogen and oxygen atoms in total. The third-order valence-corrected chi connectivity index (χ3v) is 2.57. The molecule has 0 saturated carbocycles. The minimum Gasteiger partial charge on any atom is -0.462 e. The molecule has 0 radical (unpaired) electrons. The highest BCUT2D eigenvalue weighted by Gasteiger charge is 2.17. The zero-order chi connectivity index (χ0) is 8.81. The highest BCUT2D eigenvalue weighted by atomic mass is 32.2. The van der Waals surface area contributed by atoms with Crippen molar-refractivity contribution in [2.24, 2.45) is 0 Å². The molecule has 0 aromatic carbocycles. The summed E-state index contributed by atoms with van der Waals surface area (Å²) in [6.45, 7) is 3.15. The van der Waals surface area contributed by atoms with Crippen molar-refractivity contribution in [1.29, 1.82) is 0 Å². The Morgan fingerprint density at radius 1 is 1.75 bits per heavy atom. The van der Waals surface area contributed by atoms with Gasteiger partial charge in [-0.2, -0.15) is 0 Å². The molecule has 1 aliphatic rings. The zero-order valence-electron chi connectivity index (χ0n) is 7.25. The SMILES string of the molecule is CCCC(=O)OCC1OCCS1. The van der Waals surface area contributed by atoms with E-state index < -0.39 is 0 Å². The lowest BCUT2D eigenvalue weighted by molar-refractivity contribution is -0.145. The first kappa shape index (κ1) is 9.86. The Morgan fingerprint density at radius 3 is 3.17 bits per heavy atom. The standard InChI is InChI=1S/C8H14O3S/c1-2-3-7(9)11-6-8-10-4-5-12-8/h8H,2-6H2,1H3. The Bertz CT molecular complexity index is 143. The number of carbonyl (C=O) groups is 1. The Labute approximate surface area is 76.8 Å². The maximum absolute atomic E-state index is 10.9. The van der Waals surface area contributed by atoms with E-state index in [2.05, 4.69) is 0 Å². The van der Waals surface area contributed by atoms with Crippen molar-refractivity contribution >= 4 is 17.7 Å². The second-order valence-electron chi connectivity index (χ2n) is 2.60. The monoisotopic (exact) mass is 190 g/mol. The lowest BCUT2D eigenvalue weighted by atomic mass is 10.3. The van der Waals surface area contributed by atoms with Crippen LogP contribution in [-0.4, -0.2) is 30.4 Å². The van der Waals surface area contributed by atoms with Crippen LogP contribution >= 0.6 is 11.8 Å². The molecule has 1 unspecified atom stereocenters. The van der Waals surface area contributed by atoms with Gasteiger partial charge in [-0.25, -0.2) is 0 Å². The van der Waals surface area contributed by atoms with Gasteiger partial charge in [0.05, 0.1) is 6.61 Å². The van der Waals surface area contributed by atoms with E-state index in [0.717, 1.165) is 18.8 Å². The van der Waals surface area contributed by atoms with Gasteiger partial charge in [-0.1, -0.05) is 6.92 Å². The maximum atomic E-state index is 10.9. The molecule has 1 rings (SSSR count). The molecule has 0 aromatic rings. The van der Waals surface area contributed by atoms with Gasteiger partial charge in [0.25, 0.3) is 0 Å². The summed E-state index contributed by atoms with van der Waals surface area (Å²) in [6, 6.07) is 0. The van der Waals surface area contributed by atoms with Gasteiger partial charge in [-0.3, -0.25) is 4.79 Å². The molecule has 0 N–H and O–H groups in total. The first-order chi connectivity index (χ1) is 5.83. The molecule has 4 heteroatoms. The van der Waals surface area contributed by atoms with Gasteiger partial charge in [0.15, 0.2) is 0 Å². The Morgan fingerprint density at radius 2 is 2.58 bits per heavy atom. The molecule has 70 valence electrons. The average molecular weight is 190 g/mol. The van der Waals surface area contributed by atoms with Crippen LogP contribution in [0.25, 0.3) is 0 Å². The molecule has 0 amide bonds. The summed E-state index contributed by atoms with van der Waals surface area (Å²) in [5.74, 6) is 0.893. The zero-order valence-corrected chi connectivity index (χ0v) is 8.06. The highest BCUT2D eigenvalue weighted by Crippen LogP contribution is 2.19. The number of rotatable bonds is 4. The van der Waals surface area contributed by atoms with Crippen LogP contribution < -0.4 is 0 Å². The van der Waals surface area contributed by atoms with Gasteiger partial charge in [0, 0.05) is 12.2 Å². The summed E-state index contributed by atoms with van der Waals surface area (Å²) in [5.41, 5.74) is 0.0748. The predicted molar refractivity (Wildman–Crippen MR) is 48.1 cm³/mol. The predicted octanol–water partition coefficient (Wildman–Crippen LogP) is 1.42. The lowest BCUT2D eigenvalue weighted by Gasteiger charge is -2.08. The molecular formula is C8H14O3S. The smallest absolute Gasteiger partial charge is 0.305 e.